The Balaban J connectivity index is 0.000000152. The van der Waals surface area contributed by atoms with Gasteiger partial charge >= 0.3 is 0 Å². The highest BCUT2D eigenvalue weighted by molar-refractivity contribution is 6.32. The number of nitrogens with zero attached hydrogens (tertiary/aromatic N) is 2. The molecule has 2 aliphatic rings. The maximum Gasteiger partial charge on any atom is 0.285 e. The van der Waals surface area contributed by atoms with Crippen molar-refractivity contribution in [1.29, 1.82) is 0 Å². The molecule has 31 heavy (non-hydrogen) atoms. The van der Waals surface area contributed by atoms with Crippen molar-refractivity contribution in [1.82, 2.24) is 5.06 Å². The summed E-state index contributed by atoms with van der Waals surface area (Å²) in [5.41, 5.74) is 1.49. The molecule has 152 valence electrons. The van der Waals surface area contributed by atoms with Gasteiger partial charge in [0.15, 0.2) is 0 Å². The highest BCUT2D eigenvalue weighted by atomic mass is 16.5. The maximum atomic E-state index is 11.6. The van der Waals surface area contributed by atoms with Gasteiger partial charge in [0.25, 0.3) is 23.6 Å². The third-order valence-electron chi connectivity index (χ3n) is 4.80. The molecule has 0 radical (unpaired) electrons. The number of hydrogen-bond donors (Lipinski definition) is 1. The molecule has 2 heterocycles. The Labute approximate surface area is 177 Å². The number of rotatable bonds is 2. The number of imide groups is 2. The molecule has 7 nitrogen and oxygen atoms in total. The van der Waals surface area contributed by atoms with Crippen molar-refractivity contribution in [2.24, 2.45) is 0 Å². The quantitative estimate of drug-likeness (QED) is 0.516. The first-order chi connectivity index (χ1) is 15.0. The van der Waals surface area contributed by atoms with Crippen molar-refractivity contribution in [3.63, 3.8) is 0 Å². The van der Waals surface area contributed by atoms with E-state index in [9.17, 15) is 19.2 Å². The summed E-state index contributed by atoms with van der Waals surface area (Å²) in [6, 6.07) is 22.0. The van der Waals surface area contributed by atoms with Crippen LogP contribution in [0.4, 0.5) is 5.69 Å². The van der Waals surface area contributed by atoms with Crippen LogP contribution < -0.4 is 4.90 Å². The average molecular weight is 412 g/mol. The van der Waals surface area contributed by atoms with Crippen LogP contribution in [0.3, 0.4) is 0 Å². The molecule has 0 spiro atoms. The van der Waals surface area contributed by atoms with Crippen molar-refractivity contribution in [2.75, 3.05) is 4.90 Å². The highest BCUT2D eigenvalue weighted by Gasteiger charge is 2.30. The summed E-state index contributed by atoms with van der Waals surface area (Å²) in [6.45, 7) is 0. The Morgan fingerprint density at radius 3 is 1.90 bits per heavy atom. The topological polar surface area (TPSA) is 95.0 Å². The molecule has 7 heteroatoms. The van der Waals surface area contributed by atoms with Crippen LogP contribution in [0.15, 0.2) is 91.0 Å². The second kappa shape index (κ2) is 8.17. The van der Waals surface area contributed by atoms with Gasteiger partial charge in [-0.25, -0.2) is 4.90 Å². The highest BCUT2D eigenvalue weighted by Crippen LogP contribution is 2.28. The van der Waals surface area contributed by atoms with Gasteiger partial charge < -0.3 is 0 Å². The monoisotopic (exact) mass is 412 g/mol. The summed E-state index contributed by atoms with van der Waals surface area (Å²) in [7, 11) is 0. The maximum absolute atomic E-state index is 11.6. The van der Waals surface area contributed by atoms with E-state index in [1.807, 2.05) is 42.5 Å². The summed E-state index contributed by atoms with van der Waals surface area (Å²) in [5, 5.41) is 11.0. The van der Waals surface area contributed by atoms with Crippen LogP contribution in [-0.2, 0) is 19.2 Å². The van der Waals surface area contributed by atoms with E-state index >= 15 is 0 Å². The van der Waals surface area contributed by atoms with Crippen molar-refractivity contribution in [2.45, 2.75) is 0 Å². The second-order valence-corrected chi connectivity index (χ2v) is 6.72. The van der Waals surface area contributed by atoms with Crippen LogP contribution >= 0.6 is 0 Å². The first-order valence-electron chi connectivity index (χ1n) is 9.35. The molecule has 0 saturated carbocycles. The van der Waals surface area contributed by atoms with Crippen molar-refractivity contribution in [3.8, 4) is 0 Å². The molecule has 4 amide bonds. The van der Waals surface area contributed by atoms with Gasteiger partial charge in [0.1, 0.15) is 0 Å². The van der Waals surface area contributed by atoms with E-state index in [0.29, 0.717) is 11.3 Å². The van der Waals surface area contributed by atoms with E-state index in [-0.39, 0.29) is 22.5 Å². The predicted octanol–water partition coefficient (Wildman–Crippen LogP) is 3.10. The van der Waals surface area contributed by atoms with Crippen molar-refractivity contribution >= 4 is 45.7 Å². The lowest BCUT2D eigenvalue weighted by Gasteiger charge is -2.16. The number of carbonyl (C=O) groups excluding carboxylic acids is 4. The first-order valence-corrected chi connectivity index (χ1v) is 9.35. The third-order valence-corrected chi connectivity index (χ3v) is 4.80. The smallest absolute Gasteiger partial charge is 0.278 e. The molecular weight excluding hydrogens is 396 g/mol. The fraction of sp³-hybridized carbons (Fsp3) is 0. The van der Waals surface area contributed by atoms with Crippen LogP contribution in [-0.4, -0.2) is 33.9 Å². The van der Waals surface area contributed by atoms with Gasteiger partial charge in [-0.1, -0.05) is 66.7 Å². The number of hydroxylamine groups is 2. The average Bonchev–Trinajstić information content (AvgIpc) is 3.27. The normalized spacial score (nSPS) is 15.5. The van der Waals surface area contributed by atoms with E-state index in [4.69, 9.17) is 5.21 Å². The molecule has 0 bridgehead atoms. The van der Waals surface area contributed by atoms with Gasteiger partial charge in [0.05, 0.1) is 11.3 Å². The Morgan fingerprint density at radius 2 is 1.26 bits per heavy atom. The SMILES string of the molecule is O=C1C=C(c2ccccc2)C(=O)N1O.O=C1C=CC(=O)N1c1cccc2ccccc12. The number of carbonyl (C=O) groups is 4. The summed E-state index contributed by atoms with van der Waals surface area (Å²) in [6.07, 6.45) is 3.71. The first kappa shape index (κ1) is 19.9. The Hall–Kier alpha value is -4.36. The minimum Gasteiger partial charge on any atom is -0.278 e. The zero-order valence-corrected chi connectivity index (χ0v) is 16.1. The molecule has 3 aromatic rings. The standard InChI is InChI=1S/C14H9NO2.C10H7NO3/c16-13-8-9-14(17)15(13)12-7-3-5-10-4-1-2-6-11(10)12;12-9-6-8(10(13)11(9)14)7-4-2-1-3-5-7/h1-9H;1-6,14H. The molecule has 1 N–H and O–H groups in total. The summed E-state index contributed by atoms with van der Waals surface area (Å²) < 4.78 is 0. The number of hydrogen-bond acceptors (Lipinski definition) is 5. The lowest BCUT2D eigenvalue weighted by Crippen LogP contribution is -2.29. The molecule has 0 aliphatic carbocycles. The van der Waals surface area contributed by atoms with Gasteiger partial charge in [-0.2, -0.15) is 0 Å². The lowest BCUT2D eigenvalue weighted by atomic mass is 10.1. The molecule has 0 atom stereocenters. The van der Waals surface area contributed by atoms with Gasteiger partial charge in [0.2, 0.25) is 0 Å². The fourth-order valence-electron chi connectivity index (χ4n) is 3.33. The Kier molecular flexibility index (Phi) is 5.26. The van der Waals surface area contributed by atoms with E-state index < -0.39 is 11.8 Å². The Morgan fingerprint density at radius 1 is 0.645 bits per heavy atom. The summed E-state index contributed by atoms with van der Waals surface area (Å²) in [5.74, 6) is -1.95. The summed E-state index contributed by atoms with van der Waals surface area (Å²) >= 11 is 0. The molecule has 0 saturated heterocycles. The number of anilines is 1. The van der Waals surface area contributed by atoms with Crippen LogP contribution in [0.25, 0.3) is 16.3 Å². The minimum absolute atomic E-state index is 0.113. The van der Waals surface area contributed by atoms with Gasteiger partial charge in [0, 0.05) is 23.6 Å². The van der Waals surface area contributed by atoms with E-state index in [2.05, 4.69) is 0 Å². The van der Waals surface area contributed by atoms with Crippen LogP contribution in [0.1, 0.15) is 5.56 Å². The molecule has 2 aliphatic heterocycles. The second-order valence-electron chi connectivity index (χ2n) is 6.72. The van der Waals surface area contributed by atoms with Crippen LogP contribution in [0.2, 0.25) is 0 Å². The number of benzene rings is 3. The zero-order valence-electron chi connectivity index (χ0n) is 16.1. The third kappa shape index (κ3) is 3.77. The summed E-state index contributed by atoms with van der Waals surface area (Å²) in [4.78, 5) is 46.7. The Bertz CT molecular complexity index is 1250. The number of amides is 4. The zero-order chi connectivity index (χ0) is 22.0. The largest absolute Gasteiger partial charge is 0.285 e. The molecule has 0 fully saturated rings. The van der Waals surface area contributed by atoms with Gasteiger partial charge in [-0.05, 0) is 17.0 Å². The molecular formula is C24H16N2O5. The van der Waals surface area contributed by atoms with Crippen LogP contribution in [0, 0.1) is 0 Å². The number of fused-ring (bicyclic) bond motifs is 1. The molecule has 3 aromatic carbocycles. The van der Waals surface area contributed by atoms with E-state index in [0.717, 1.165) is 16.8 Å². The van der Waals surface area contributed by atoms with E-state index in [1.54, 1.807) is 30.3 Å². The van der Waals surface area contributed by atoms with E-state index in [1.165, 1.54) is 17.1 Å². The molecule has 5 rings (SSSR count). The van der Waals surface area contributed by atoms with Crippen molar-refractivity contribution < 1.29 is 24.4 Å². The fourth-order valence-corrected chi connectivity index (χ4v) is 3.33. The van der Waals surface area contributed by atoms with Crippen LogP contribution in [0.5, 0.6) is 0 Å². The van der Waals surface area contributed by atoms with Crippen molar-refractivity contribution in [3.05, 3.63) is 96.6 Å². The minimum atomic E-state index is -0.700. The lowest BCUT2D eigenvalue weighted by molar-refractivity contribution is -0.168. The van der Waals surface area contributed by atoms with Gasteiger partial charge in [-0.15, -0.1) is 5.06 Å². The predicted molar refractivity (Wildman–Crippen MR) is 114 cm³/mol. The molecule has 0 unspecified atom stereocenters. The molecule has 0 aromatic heterocycles. The van der Waals surface area contributed by atoms with Gasteiger partial charge in [-0.3, -0.25) is 24.4 Å².